The summed E-state index contributed by atoms with van der Waals surface area (Å²) in [6.07, 6.45) is 1.50. The van der Waals surface area contributed by atoms with Crippen LogP contribution >= 0.6 is 0 Å². The molecule has 0 saturated carbocycles. The summed E-state index contributed by atoms with van der Waals surface area (Å²) in [5, 5.41) is 22.8. The molecule has 0 radical (unpaired) electrons. The second kappa shape index (κ2) is 8.78. The number of benzene rings is 1. The van der Waals surface area contributed by atoms with E-state index >= 15 is 0 Å². The molecule has 20 heavy (non-hydrogen) atoms. The summed E-state index contributed by atoms with van der Waals surface area (Å²) in [6, 6.07) is 5.73. The van der Waals surface area contributed by atoms with Gasteiger partial charge in [-0.1, -0.05) is 6.92 Å². The van der Waals surface area contributed by atoms with Crippen LogP contribution in [0.2, 0.25) is 0 Å². The van der Waals surface area contributed by atoms with E-state index in [1.165, 1.54) is 24.3 Å². The van der Waals surface area contributed by atoms with Crippen LogP contribution in [0.3, 0.4) is 0 Å². The van der Waals surface area contributed by atoms with E-state index in [9.17, 15) is 14.3 Å². The molecule has 112 valence electrons. The quantitative estimate of drug-likeness (QED) is 0.532. The topological polar surface area (TPSA) is 92.5 Å². The van der Waals surface area contributed by atoms with Gasteiger partial charge in [-0.25, -0.2) is 0 Å². The minimum Gasteiger partial charge on any atom is -0.396 e. The fraction of sp³-hybridized carbons (Fsp3) is 0.538. The van der Waals surface area contributed by atoms with Gasteiger partial charge in [-0.2, -0.15) is 0 Å². The molecule has 0 bridgehead atoms. The van der Waals surface area contributed by atoms with Crippen molar-refractivity contribution in [2.24, 2.45) is 0 Å². The van der Waals surface area contributed by atoms with E-state index in [0.29, 0.717) is 17.1 Å². The van der Waals surface area contributed by atoms with Gasteiger partial charge in [0.1, 0.15) is 0 Å². The molecule has 0 aromatic heterocycles. The third-order valence-corrected chi connectivity index (χ3v) is 4.33. The maximum atomic E-state index is 12.2. The molecule has 2 atom stereocenters. The predicted molar refractivity (Wildman–Crippen MR) is 78.2 cm³/mol. The Morgan fingerprint density at radius 2 is 2.05 bits per heavy atom. The Morgan fingerprint density at radius 3 is 2.55 bits per heavy atom. The van der Waals surface area contributed by atoms with E-state index < -0.39 is 15.7 Å². The first-order chi connectivity index (χ1) is 9.58. The van der Waals surface area contributed by atoms with Crippen molar-refractivity contribution in [3.8, 4) is 0 Å². The van der Waals surface area contributed by atoms with Crippen LogP contribution in [0.5, 0.6) is 0 Å². The fourth-order valence-corrected chi connectivity index (χ4v) is 3.03. The van der Waals surface area contributed by atoms with Crippen LogP contribution in [0.25, 0.3) is 0 Å². The van der Waals surface area contributed by atoms with Gasteiger partial charge < -0.3 is 10.4 Å². The molecule has 0 aliphatic heterocycles. The van der Waals surface area contributed by atoms with Gasteiger partial charge in [-0.15, -0.1) is 0 Å². The van der Waals surface area contributed by atoms with Crippen LogP contribution in [0.1, 0.15) is 19.8 Å². The third-order valence-electron chi connectivity index (χ3n) is 2.82. The average molecular weight is 300 g/mol. The van der Waals surface area contributed by atoms with Gasteiger partial charge in [-0.05, 0) is 31.5 Å². The van der Waals surface area contributed by atoms with Gasteiger partial charge in [0.2, 0.25) is 0 Å². The zero-order valence-electron chi connectivity index (χ0n) is 11.4. The van der Waals surface area contributed by atoms with Crippen LogP contribution in [-0.4, -0.2) is 39.2 Å². The Balaban J connectivity index is 2.65. The van der Waals surface area contributed by atoms with Gasteiger partial charge in [0, 0.05) is 35.4 Å². The summed E-state index contributed by atoms with van der Waals surface area (Å²) in [5.41, 5.74) is -0.0123. The zero-order valence-corrected chi connectivity index (χ0v) is 12.3. The SMILES string of the molecule is CCCNC(CCO)CS(=O)c1ccc([N+](=O)[O-])cc1. The van der Waals surface area contributed by atoms with Crippen molar-refractivity contribution < 1.29 is 14.2 Å². The molecule has 2 N–H and O–H groups in total. The lowest BCUT2D eigenvalue weighted by molar-refractivity contribution is -0.384. The third kappa shape index (κ3) is 5.36. The van der Waals surface area contributed by atoms with Crippen molar-refractivity contribution in [1.29, 1.82) is 0 Å². The molecule has 0 fully saturated rings. The summed E-state index contributed by atoms with van der Waals surface area (Å²) >= 11 is 0. The molecule has 1 rings (SSSR count). The molecular formula is C13H20N2O4S. The smallest absolute Gasteiger partial charge is 0.269 e. The number of non-ortho nitro benzene ring substituents is 1. The van der Waals surface area contributed by atoms with Crippen molar-refractivity contribution in [2.75, 3.05) is 18.9 Å². The van der Waals surface area contributed by atoms with Crippen molar-refractivity contribution in [3.63, 3.8) is 0 Å². The number of nitrogens with zero attached hydrogens (tertiary/aromatic N) is 1. The summed E-state index contributed by atoms with van der Waals surface area (Å²) < 4.78 is 12.2. The lowest BCUT2D eigenvalue weighted by atomic mass is 10.2. The van der Waals surface area contributed by atoms with Crippen molar-refractivity contribution in [2.45, 2.75) is 30.7 Å². The summed E-state index contributed by atoms with van der Waals surface area (Å²) in [4.78, 5) is 10.6. The van der Waals surface area contributed by atoms with E-state index in [-0.39, 0.29) is 18.3 Å². The van der Waals surface area contributed by atoms with Gasteiger partial charge in [-0.3, -0.25) is 14.3 Å². The normalized spacial score (nSPS) is 13.9. The highest BCUT2D eigenvalue weighted by Gasteiger charge is 2.14. The molecule has 0 spiro atoms. The molecule has 1 aromatic carbocycles. The first-order valence-electron chi connectivity index (χ1n) is 6.55. The van der Waals surface area contributed by atoms with E-state index in [1.54, 1.807) is 0 Å². The Morgan fingerprint density at radius 1 is 1.40 bits per heavy atom. The van der Waals surface area contributed by atoms with Crippen molar-refractivity contribution >= 4 is 16.5 Å². The largest absolute Gasteiger partial charge is 0.396 e. The van der Waals surface area contributed by atoms with Crippen molar-refractivity contribution in [3.05, 3.63) is 34.4 Å². The highest BCUT2D eigenvalue weighted by atomic mass is 32.2. The highest BCUT2D eigenvalue weighted by molar-refractivity contribution is 7.85. The van der Waals surface area contributed by atoms with Crippen LogP contribution in [0, 0.1) is 10.1 Å². The molecule has 0 aliphatic rings. The van der Waals surface area contributed by atoms with Crippen LogP contribution in [0.15, 0.2) is 29.2 Å². The minimum atomic E-state index is -1.24. The lowest BCUT2D eigenvalue weighted by Crippen LogP contribution is -2.35. The fourth-order valence-electron chi connectivity index (χ4n) is 1.75. The second-order valence-electron chi connectivity index (χ2n) is 4.43. The molecule has 0 saturated heterocycles. The molecule has 0 heterocycles. The van der Waals surface area contributed by atoms with Crippen LogP contribution < -0.4 is 5.32 Å². The Labute approximate surface area is 120 Å². The number of aliphatic hydroxyl groups is 1. The number of aliphatic hydroxyl groups excluding tert-OH is 1. The minimum absolute atomic E-state index is 0.0123. The van der Waals surface area contributed by atoms with Crippen molar-refractivity contribution in [1.82, 2.24) is 5.32 Å². The molecule has 0 amide bonds. The Kier molecular flexibility index (Phi) is 7.35. The van der Waals surface area contributed by atoms with Crippen LogP contribution in [-0.2, 0) is 10.8 Å². The summed E-state index contributed by atoms with van der Waals surface area (Å²) in [7, 11) is -1.24. The first-order valence-corrected chi connectivity index (χ1v) is 7.87. The number of nitrogens with one attached hydrogen (secondary N) is 1. The number of rotatable bonds is 9. The molecule has 2 unspecified atom stereocenters. The van der Waals surface area contributed by atoms with E-state index in [0.717, 1.165) is 13.0 Å². The molecule has 1 aromatic rings. The zero-order chi connectivity index (χ0) is 15.0. The molecule has 0 aliphatic carbocycles. The lowest BCUT2D eigenvalue weighted by Gasteiger charge is -2.16. The van der Waals surface area contributed by atoms with Gasteiger partial charge in [0.05, 0.1) is 15.7 Å². The van der Waals surface area contributed by atoms with E-state index in [2.05, 4.69) is 5.32 Å². The predicted octanol–water partition coefficient (Wildman–Crippen LogP) is 1.45. The molecule has 7 heteroatoms. The number of hydrogen-bond donors (Lipinski definition) is 2. The van der Waals surface area contributed by atoms with Crippen LogP contribution in [0.4, 0.5) is 5.69 Å². The number of nitro benzene ring substituents is 1. The second-order valence-corrected chi connectivity index (χ2v) is 5.92. The Bertz CT molecular complexity index is 450. The Hall–Kier alpha value is -1.31. The summed E-state index contributed by atoms with van der Waals surface area (Å²) in [5.74, 6) is 0.387. The summed E-state index contributed by atoms with van der Waals surface area (Å²) in [6.45, 7) is 2.89. The van der Waals surface area contributed by atoms with Gasteiger partial charge in [0.15, 0.2) is 0 Å². The first kappa shape index (κ1) is 16.7. The average Bonchev–Trinajstić information content (AvgIpc) is 2.45. The maximum Gasteiger partial charge on any atom is 0.269 e. The number of hydrogen-bond acceptors (Lipinski definition) is 5. The highest BCUT2D eigenvalue weighted by Crippen LogP contribution is 2.15. The van der Waals surface area contributed by atoms with E-state index in [4.69, 9.17) is 5.11 Å². The monoisotopic (exact) mass is 300 g/mol. The number of nitro groups is 1. The molecule has 6 nitrogen and oxygen atoms in total. The van der Waals surface area contributed by atoms with E-state index in [1.807, 2.05) is 6.92 Å². The maximum absolute atomic E-state index is 12.2. The standard InChI is InChI=1S/C13H20N2O4S/c1-2-8-14-11(7-9-16)10-20(19)13-5-3-12(4-6-13)15(17)18/h3-6,11,14,16H,2,7-10H2,1H3. The van der Waals surface area contributed by atoms with Gasteiger partial charge in [0.25, 0.3) is 5.69 Å². The molecular weight excluding hydrogens is 280 g/mol. The van der Waals surface area contributed by atoms with Gasteiger partial charge >= 0.3 is 0 Å².